The van der Waals surface area contributed by atoms with E-state index in [2.05, 4.69) is 34.1 Å². The predicted molar refractivity (Wildman–Crippen MR) is 181 cm³/mol. The lowest BCUT2D eigenvalue weighted by Gasteiger charge is -2.19. The first-order valence-electron chi connectivity index (χ1n) is 16.4. The number of nitrogens with zero attached hydrogens (tertiary/aromatic N) is 1. The molecule has 3 saturated heterocycles. The number of ether oxygens (including phenoxy) is 2. The van der Waals surface area contributed by atoms with Gasteiger partial charge in [0, 0.05) is 43.2 Å². The number of aromatic amines is 1. The molecule has 0 bridgehead atoms. The lowest BCUT2D eigenvalue weighted by molar-refractivity contribution is -0.121. The normalized spacial score (nSPS) is 26.7. The minimum Gasteiger partial charge on any atom is -0.390 e. The second kappa shape index (κ2) is 19.1. The van der Waals surface area contributed by atoms with Crippen LogP contribution in [-0.4, -0.2) is 101 Å². The first kappa shape index (κ1) is 42.8. The minimum absolute atomic E-state index is 0.0129. The number of H-pyrrole nitrogens is 1. The second-order valence-corrected chi connectivity index (χ2v) is 18.0. The van der Waals surface area contributed by atoms with Crippen LogP contribution in [-0.2, 0) is 47.7 Å². The number of unbranched alkanes of at least 4 members (excludes halogenated alkanes) is 4. The van der Waals surface area contributed by atoms with Gasteiger partial charge in [0.05, 0.1) is 37.0 Å². The summed E-state index contributed by atoms with van der Waals surface area (Å²) in [6.07, 6.45) is 3.26. The van der Waals surface area contributed by atoms with Gasteiger partial charge in [0.25, 0.3) is 5.56 Å². The van der Waals surface area contributed by atoms with Gasteiger partial charge < -0.3 is 50.1 Å². The molecule has 4 heterocycles. The lowest BCUT2D eigenvalue weighted by Crippen LogP contribution is -2.36. The summed E-state index contributed by atoms with van der Waals surface area (Å²) in [7, 11) is -16.8. The van der Waals surface area contributed by atoms with Crippen molar-refractivity contribution in [3.05, 3.63) is 32.6 Å². The maximum atomic E-state index is 12.5. The Labute approximate surface area is 301 Å². The van der Waals surface area contributed by atoms with E-state index >= 15 is 0 Å². The van der Waals surface area contributed by atoms with Crippen LogP contribution in [0.2, 0.25) is 0 Å². The minimum atomic E-state index is -5.74. The van der Waals surface area contributed by atoms with Crippen LogP contribution < -0.4 is 27.2 Å². The number of rotatable bonds is 22. The van der Waals surface area contributed by atoms with Gasteiger partial charge in [-0.05, 0) is 25.7 Å². The van der Waals surface area contributed by atoms with Crippen molar-refractivity contribution in [2.24, 2.45) is 0 Å². The fourth-order valence-electron chi connectivity index (χ4n) is 5.81. The molecule has 1 aromatic rings. The molecule has 296 valence electrons. The van der Waals surface area contributed by atoms with Gasteiger partial charge in [0.1, 0.15) is 12.3 Å². The van der Waals surface area contributed by atoms with Crippen molar-refractivity contribution in [1.29, 1.82) is 0 Å². The van der Waals surface area contributed by atoms with Crippen LogP contribution >= 0.6 is 35.2 Å². The van der Waals surface area contributed by atoms with Gasteiger partial charge in [0.15, 0.2) is 0 Å². The Morgan fingerprint density at radius 3 is 2.50 bits per heavy atom. The Morgan fingerprint density at radius 2 is 1.75 bits per heavy atom. The largest absolute Gasteiger partial charge is 0.490 e. The van der Waals surface area contributed by atoms with E-state index in [1.165, 1.54) is 6.20 Å². The van der Waals surface area contributed by atoms with Crippen LogP contribution in [0.4, 0.5) is 4.79 Å². The van der Waals surface area contributed by atoms with E-state index in [1.54, 1.807) is 0 Å². The monoisotopic (exact) mass is 823 g/mol. The number of aliphatic hydroxyl groups is 1. The topological polar surface area (TPSA) is 324 Å². The highest BCUT2D eigenvalue weighted by Gasteiger charge is 2.44. The summed E-state index contributed by atoms with van der Waals surface area (Å²) in [5, 5.41) is 19.5. The molecule has 22 nitrogen and oxygen atoms in total. The number of hydrogen-bond acceptors (Lipinski definition) is 14. The number of amides is 3. The molecule has 8 atom stereocenters. The molecule has 2 unspecified atom stereocenters. The second-order valence-electron chi connectivity index (χ2n) is 12.3. The molecule has 0 aromatic carbocycles. The van der Waals surface area contributed by atoms with E-state index in [0.717, 1.165) is 48.8 Å². The zero-order valence-corrected chi connectivity index (χ0v) is 31.3. The molecule has 4 rings (SSSR count). The number of fused-ring (bicyclic) bond motifs is 1. The van der Waals surface area contributed by atoms with Crippen molar-refractivity contribution in [2.75, 3.05) is 25.5 Å². The molecule has 1 aromatic heterocycles. The number of thioether (sulfide) groups is 1. The van der Waals surface area contributed by atoms with Gasteiger partial charge in [0.2, 0.25) is 5.91 Å². The van der Waals surface area contributed by atoms with Crippen molar-refractivity contribution in [2.45, 2.75) is 100 Å². The third-order valence-electron chi connectivity index (χ3n) is 8.25. The Hall–Kier alpha value is -1.94. The summed E-state index contributed by atoms with van der Waals surface area (Å²) < 4.78 is 58.1. The smallest absolute Gasteiger partial charge is 0.390 e. The molecular weight excluding hydrogens is 779 g/mol. The van der Waals surface area contributed by atoms with E-state index in [1.807, 2.05) is 11.8 Å². The highest BCUT2D eigenvalue weighted by Crippen LogP contribution is 2.66. The standard InChI is InChI=1S/C26H44N5O17P3S/c32-18-11-22(46-19(18)14-45-50(40,41)48-51(42,43)47-49(37,38)39)31-12-16(24(34)30-26(31)36)13-44-10-6-2-1-5-9-27-21(33)8-4-3-7-20-23-17(15-52-20)28-25(35)29-23/h12,17-20,22-23,32H,1-11,13-15H2,(H,27,33)(H,40,41)(H,42,43)(H2,28,29,35)(H,30,34,36)(H2,37,38,39)/t17-,18-,19+,20-,22+,23-/m0/s1. The van der Waals surface area contributed by atoms with Crippen LogP contribution in [0.25, 0.3) is 0 Å². The molecule has 3 amide bonds. The quantitative estimate of drug-likeness (QED) is 0.0435. The van der Waals surface area contributed by atoms with Crippen LogP contribution in [0, 0.1) is 0 Å². The Bertz CT molecular complexity index is 1660. The molecule has 3 fully saturated rings. The lowest BCUT2D eigenvalue weighted by atomic mass is 10.0. The Morgan fingerprint density at radius 1 is 1.00 bits per heavy atom. The number of nitrogens with one attached hydrogen (secondary N) is 4. The highest BCUT2D eigenvalue weighted by atomic mass is 32.2. The molecule has 0 aliphatic carbocycles. The molecule has 0 saturated carbocycles. The zero-order chi connectivity index (χ0) is 38.1. The number of hydrogen-bond donors (Lipinski definition) is 9. The molecule has 0 spiro atoms. The van der Waals surface area contributed by atoms with Crippen molar-refractivity contribution < 1.29 is 70.6 Å². The number of carbonyl (C=O) groups excluding carboxylic acids is 2. The summed E-state index contributed by atoms with van der Waals surface area (Å²) in [5.74, 6) is 0.925. The van der Waals surface area contributed by atoms with E-state index in [9.17, 15) is 47.8 Å². The van der Waals surface area contributed by atoms with E-state index in [0.29, 0.717) is 31.2 Å². The first-order chi connectivity index (χ1) is 24.4. The van der Waals surface area contributed by atoms with Crippen LogP contribution in [0.3, 0.4) is 0 Å². The number of phosphoric acid groups is 3. The molecule has 9 N–H and O–H groups in total. The summed E-state index contributed by atoms with van der Waals surface area (Å²) in [4.78, 5) is 86.7. The van der Waals surface area contributed by atoms with Crippen LogP contribution in [0.15, 0.2) is 15.8 Å². The van der Waals surface area contributed by atoms with Gasteiger partial charge in [-0.15, -0.1) is 0 Å². The van der Waals surface area contributed by atoms with Gasteiger partial charge in [-0.25, -0.2) is 23.3 Å². The fourth-order valence-corrected chi connectivity index (χ4v) is 10.4. The summed E-state index contributed by atoms with van der Waals surface area (Å²) >= 11 is 1.86. The van der Waals surface area contributed by atoms with Gasteiger partial charge in [-0.2, -0.15) is 20.4 Å². The van der Waals surface area contributed by atoms with Crippen molar-refractivity contribution in [1.82, 2.24) is 25.5 Å². The first-order valence-corrected chi connectivity index (χ1v) is 22.0. The number of urea groups is 1. The number of phosphoric ester groups is 1. The zero-order valence-electron chi connectivity index (χ0n) is 27.8. The third kappa shape index (κ3) is 13.7. The maximum Gasteiger partial charge on any atom is 0.490 e. The number of carbonyl (C=O) groups is 2. The molecular formula is C26H44N5O17P3S. The maximum absolute atomic E-state index is 12.5. The fraction of sp³-hybridized carbons (Fsp3) is 0.769. The Balaban J connectivity index is 1.08. The van der Waals surface area contributed by atoms with Crippen molar-refractivity contribution in [3.8, 4) is 0 Å². The molecule has 3 aliphatic heterocycles. The van der Waals surface area contributed by atoms with E-state index in [4.69, 9.17) is 19.3 Å². The number of aliphatic hydroxyl groups excluding tert-OH is 1. The molecule has 3 aliphatic rings. The van der Waals surface area contributed by atoms with Crippen molar-refractivity contribution >= 4 is 47.2 Å². The number of aromatic nitrogens is 2. The SMILES string of the molecule is O=C(CCCC[C@@H]1SC[C@@H]2NC(=O)N[C@@H]21)NCCCCCCOCc1cn([C@H]2C[C@H](O)[C@@H](COP(=O)(O)OP(=O)(O)OP(=O)(O)O)O2)c(=O)[nH]c1=O. The molecule has 52 heavy (non-hydrogen) atoms. The molecule has 26 heteroatoms. The average Bonchev–Trinajstić information content (AvgIpc) is 3.70. The predicted octanol–water partition coefficient (Wildman–Crippen LogP) is 0.447. The Kier molecular flexibility index (Phi) is 15.7. The van der Waals surface area contributed by atoms with Crippen LogP contribution in [0.5, 0.6) is 0 Å². The third-order valence-corrected chi connectivity index (χ3v) is 13.6. The van der Waals surface area contributed by atoms with Gasteiger partial charge >= 0.3 is 35.2 Å². The van der Waals surface area contributed by atoms with Gasteiger partial charge in [-0.3, -0.25) is 23.7 Å². The highest BCUT2D eigenvalue weighted by molar-refractivity contribution is 8.00. The summed E-state index contributed by atoms with van der Waals surface area (Å²) in [5.41, 5.74) is -1.51. The summed E-state index contributed by atoms with van der Waals surface area (Å²) in [6.45, 7) is -0.201. The van der Waals surface area contributed by atoms with Gasteiger partial charge in [-0.1, -0.05) is 19.3 Å². The average molecular weight is 824 g/mol. The van der Waals surface area contributed by atoms with Crippen LogP contribution in [0.1, 0.15) is 69.6 Å². The van der Waals surface area contributed by atoms with Crippen molar-refractivity contribution in [3.63, 3.8) is 0 Å². The summed E-state index contributed by atoms with van der Waals surface area (Å²) in [6, 6.07) is 0.261. The molecule has 0 radical (unpaired) electrons. The van der Waals surface area contributed by atoms with E-state index < -0.39 is 59.8 Å². The van der Waals surface area contributed by atoms with E-state index in [-0.39, 0.29) is 42.6 Å².